The van der Waals surface area contributed by atoms with Crippen LogP contribution < -0.4 is 4.72 Å². The Morgan fingerprint density at radius 1 is 1.40 bits per heavy atom. The Kier molecular flexibility index (Phi) is 4.43. The highest BCUT2D eigenvalue weighted by molar-refractivity contribution is 7.87. The lowest BCUT2D eigenvalue weighted by atomic mass is 10.2. The molecule has 2 N–H and O–H groups in total. The largest absolute Gasteiger partial charge is 0.359 e. The number of nitrogens with zero attached hydrogens (tertiary/aromatic N) is 2. The highest BCUT2D eigenvalue weighted by atomic mass is 32.2. The van der Waals surface area contributed by atoms with E-state index in [1.807, 2.05) is 4.72 Å². The van der Waals surface area contributed by atoms with Gasteiger partial charge in [-0.3, -0.25) is 4.55 Å². The average Bonchev–Trinajstić information content (AvgIpc) is 2.50. The van der Waals surface area contributed by atoms with Crippen molar-refractivity contribution in [2.45, 2.75) is 32.6 Å². The monoisotopic (exact) mass is 251 g/mol. The number of aromatic nitrogens is 2. The second-order valence-electron chi connectivity index (χ2n) is 3.04. The molecule has 86 valence electrons. The minimum atomic E-state index is -4.23. The number of hydrogen-bond acceptors (Lipinski definition) is 5. The van der Waals surface area contributed by atoms with E-state index in [0.29, 0.717) is 0 Å². The summed E-state index contributed by atoms with van der Waals surface area (Å²) in [6.45, 7) is 2.10. The molecule has 0 bridgehead atoms. The summed E-state index contributed by atoms with van der Waals surface area (Å²) in [5.41, 5.74) is 0. The lowest BCUT2D eigenvalue weighted by Crippen LogP contribution is -2.09. The molecule has 0 aliphatic rings. The van der Waals surface area contributed by atoms with Crippen LogP contribution in [-0.2, 0) is 16.7 Å². The first-order chi connectivity index (χ1) is 7.01. The van der Waals surface area contributed by atoms with Gasteiger partial charge in [0.05, 0.1) is 0 Å². The van der Waals surface area contributed by atoms with E-state index in [2.05, 4.69) is 17.1 Å². The molecule has 0 aliphatic heterocycles. The van der Waals surface area contributed by atoms with Crippen molar-refractivity contribution in [1.82, 2.24) is 10.2 Å². The van der Waals surface area contributed by atoms with Crippen LogP contribution >= 0.6 is 11.3 Å². The number of anilines is 1. The van der Waals surface area contributed by atoms with Gasteiger partial charge in [-0.2, -0.15) is 8.42 Å². The Bertz CT molecular complexity index is 401. The highest BCUT2D eigenvalue weighted by Gasteiger charge is 2.09. The number of rotatable bonds is 6. The van der Waals surface area contributed by atoms with Crippen molar-refractivity contribution < 1.29 is 13.0 Å². The first-order valence-electron chi connectivity index (χ1n) is 4.59. The van der Waals surface area contributed by atoms with Crippen molar-refractivity contribution in [1.29, 1.82) is 0 Å². The summed E-state index contributed by atoms with van der Waals surface area (Å²) >= 11 is 1.14. The Morgan fingerprint density at radius 2 is 2.13 bits per heavy atom. The van der Waals surface area contributed by atoms with Crippen molar-refractivity contribution in [2.24, 2.45) is 0 Å². The summed E-state index contributed by atoms with van der Waals surface area (Å²) in [6.07, 6.45) is 4.03. The average molecular weight is 251 g/mol. The maximum atomic E-state index is 10.5. The molecule has 8 heteroatoms. The van der Waals surface area contributed by atoms with Gasteiger partial charge in [0.2, 0.25) is 5.13 Å². The van der Waals surface area contributed by atoms with Gasteiger partial charge in [-0.15, -0.1) is 10.2 Å². The van der Waals surface area contributed by atoms with Gasteiger partial charge in [0.25, 0.3) is 0 Å². The number of hydrogen-bond donors (Lipinski definition) is 2. The third kappa shape index (κ3) is 5.05. The molecule has 1 heterocycles. The third-order valence-electron chi connectivity index (χ3n) is 1.68. The lowest BCUT2D eigenvalue weighted by Gasteiger charge is -1.94. The van der Waals surface area contributed by atoms with Crippen LogP contribution in [0, 0.1) is 0 Å². The first-order valence-corrected chi connectivity index (χ1v) is 6.84. The predicted octanol–water partition coefficient (Wildman–Crippen LogP) is 1.49. The molecule has 0 spiro atoms. The zero-order valence-corrected chi connectivity index (χ0v) is 9.94. The van der Waals surface area contributed by atoms with E-state index in [1.165, 1.54) is 0 Å². The Labute approximate surface area is 92.6 Å². The molecule has 6 nitrogen and oxygen atoms in total. The third-order valence-corrected chi connectivity index (χ3v) is 3.16. The predicted molar refractivity (Wildman–Crippen MR) is 58.3 cm³/mol. The highest BCUT2D eigenvalue weighted by Crippen LogP contribution is 2.17. The zero-order chi connectivity index (χ0) is 11.3. The Morgan fingerprint density at radius 3 is 2.73 bits per heavy atom. The van der Waals surface area contributed by atoms with Crippen molar-refractivity contribution in [3.05, 3.63) is 5.01 Å². The summed E-state index contributed by atoms with van der Waals surface area (Å²) in [5.74, 6) is 0. The molecular formula is C7H13N3O3S2. The summed E-state index contributed by atoms with van der Waals surface area (Å²) < 4.78 is 31.3. The zero-order valence-electron chi connectivity index (χ0n) is 8.30. The van der Waals surface area contributed by atoms with E-state index in [4.69, 9.17) is 4.55 Å². The molecule has 0 saturated heterocycles. The SMILES string of the molecule is CCCCCc1nnc(NS(=O)(=O)O)s1. The smallest absolute Gasteiger partial charge is 0.269 e. The van der Waals surface area contributed by atoms with Crippen LogP contribution in [0.25, 0.3) is 0 Å². The number of nitrogens with one attached hydrogen (secondary N) is 1. The Hall–Kier alpha value is -0.730. The molecule has 0 aromatic carbocycles. The molecule has 0 unspecified atom stereocenters. The van der Waals surface area contributed by atoms with E-state index in [-0.39, 0.29) is 5.13 Å². The standard InChI is InChI=1S/C7H13N3O3S2/c1-2-3-4-5-6-8-9-7(14-6)10-15(11,12)13/h2-5H2,1H3,(H,9,10)(H,11,12,13). The molecule has 1 rings (SSSR count). The summed E-state index contributed by atoms with van der Waals surface area (Å²) in [6, 6.07) is 0. The summed E-state index contributed by atoms with van der Waals surface area (Å²) in [5, 5.41) is 8.27. The van der Waals surface area contributed by atoms with E-state index < -0.39 is 10.3 Å². The van der Waals surface area contributed by atoms with Crippen LogP contribution in [0.1, 0.15) is 31.2 Å². The van der Waals surface area contributed by atoms with Gasteiger partial charge in [0.1, 0.15) is 5.01 Å². The van der Waals surface area contributed by atoms with Gasteiger partial charge >= 0.3 is 10.3 Å². The normalized spacial score (nSPS) is 11.6. The second kappa shape index (κ2) is 5.38. The number of unbranched alkanes of at least 4 members (excludes halogenated alkanes) is 2. The fourth-order valence-electron chi connectivity index (χ4n) is 1.03. The van der Waals surface area contributed by atoms with Crippen LogP contribution in [0.15, 0.2) is 0 Å². The lowest BCUT2D eigenvalue weighted by molar-refractivity contribution is 0.489. The van der Waals surface area contributed by atoms with Crippen LogP contribution in [0.4, 0.5) is 5.13 Å². The van der Waals surface area contributed by atoms with Gasteiger partial charge in [0, 0.05) is 6.42 Å². The van der Waals surface area contributed by atoms with Crippen LogP contribution in [0.3, 0.4) is 0 Å². The fraction of sp³-hybridized carbons (Fsp3) is 0.714. The van der Waals surface area contributed by atoms with Crippen LogP contribution in [-0.4, -0.2) is 23.2 Å². The fourth-order valence-corrected chi connectivity index (χ4v) is 2.41. The number of aryl methyl sites for hydroxylation is 1. The molecule has 1 aromatic heterocycles. The van der Waals surface area contributed by atoms with Crippen molar-refractivity contribution >= 4 is 26.8 Å². The Balaban J connectivity index is 2.49. The molecule has 0 atom stereocenters. The molecule has 0 saturated carbocycles. The van der Waals surface area contributed by atoms with Gasteiger partial charge < -0.3 is 0 Å². The first kappa shape index (κ1) is 12.3. The van der Waals surface area contributed by atoms with Gasteiger partial charge in [-0.05, 0) is 6.42 Å². The molecule has 0 amide bonds. The summed E-state index contributed by atoms with van der Waals surface area (Å²) in [4.78, 5) is 0. The topological polar surface area (TPSA) is 92.2 Å². The van der Waals surface area contributed by atoms with Crippen molar-refractivity contribution in [3.63, 3.8) is 0 Å². The van der Waals surface area contributed by atoms with Gasteiger partial charge in [0.15, 0.2) is 0 Å². The van der Waals surface area contributed by atoms with E-state index >= 15 is 0 Å². The maximum absolute atomic E-state index is 10.5. The van der Waals surface area contributed by atoms with E-state index in [0.717, 1.165) is 42.0 Å². The quantitative estimate of drug-likeness (QED) is 0.590. The van der Waals surface area contributed by atoms with E-state index in [1.54, 1.807) is 0 Å². The molecule has 0 fully saturated rings. The second-order valence-corrected chi connectivity index (χ2v) is 5.25. The minimum absolute atomic E-state index is 0.101. The van der Waals surface area contributed by atoms with Crippen molar-refractivity contribution in [3.8, 4) is 0 Å². The molecule has 15 heavy (non-hydrogen) atoms. The maximum Gasteiger partial charge on any atom is 0.359 e. The van der Waals surface area contributed by atoms with E-state index in [9.17, 15) is 8.42 Å². The van der Waals surface area contributed by atoms with Gasteiger partial charge in [-0.1, -0.05) is 31.1 Å². The van der Waals surface area contributed by atoms with Crippen LogP contribution in [0.2, 0.25) is 0 Å². The van der Waals surface area contributed by atoms with Crippen LogP contribution in [0.5, 0.6) is 0 Å². The van der Waals surface area contributed by atoms with Crippen molar-refractivity contribution in [2.75, 3.05) is 4.72 Å². The molecular weight excluding hydrogens is 238 g/mol. The minimum Gasteiger partial charge on any atom is -0.269 e. The molecule has 1 aromatic rings. The molecule has 0 radical (unpaired) electrons. The summed E-state index contributed by atoms with van der Waals surface area (Å²) in [7, 11) is -4.23. The van der Waals surface area contributed by atoms with Gasteiger partial charge in [-0.25, -0.2) is 4.72 Å². The molecule has 0 aliphatic carbocycles.